The van der Waals surface area contributed by atoms with Crippen molar-refractivity contribution in [2.45, 2.75) is 12.8 Å². The van der Waals surface area contributed by atoms with Gasteiger partial charge in [0.15, 0.2) is 0 Å². The number of aliphatic hydroxyl groups is 1. The Balaban J connectivity index is 2.02. The molecule has 0 heterocycles. The number of benzene rings is 3. The quantitative estimate of drug-likeness (QED) is 0.335. The van der Waals surface area contributed by atoms with Gasteiger partial charge >= 0.3 is 5.97 Å². The molecule has 0 aliphatic heterocycles. The minimum Gasteiger partial charge on any atom is -0.423 e. The lowest BCUT2D eigenvalue weighted by Gasteiger charge is -2.08. The van der Waals surface area contributed by atoms with Crippen molar-refractivity contribution in [1.29, 1.82) is 0 Å². The molecule has 0 amide bonds. The molecule has 0 aromatic heterocycles. The summed E-state index contributed by atoms with van der Waals surface area (Å²) in [6, 6.07) is 16.1. The van der Waals surface area contributed by atoms with Gasteiger partial charge in [-0.15, -0.1) is 0 Å². The summed E-state index contributed by atoms with van der Waals surface area (Å²) in [7, 11) is 0. The molecule has 23 heavy (non-hydrogen) atoms. The highest BCUT2D eigenvalue weighted by Gasteiger charge is 2.05. The SMILES string of the molecule is C=CC(=O)Oc1ccc2c(ccc3cc(CCCO)ccc32)c1. The molecule has 0 saturated heterocycles. The number of carbonyl (C=O) groups is 1. The Kier molecular flexibility index (Phi) is 4.40. The van der Waals surface area contributed by atoms with Crippen LogP contribution >= 0.6 is 0 Å². The summed E-state index contributed by atoms with van der Waals surface area (Å²) < 4.78 is 5.17. The minimum atomic E-state index is -0.460. The van der Waals surface area contributed by atoms with Gasteiger partial charge in [0.25, 0.3) is 0 Å². The average molecular weight is 306 g/mol. The number of rotatable bonds is 5. The van der Waals surface area contributed by atoms with Crippen LogP contribution in [0.3, 0.4) is 0 Å². The van der Waals surface area contributed by atoms with Crippen LogP contribution in [0.15, 0.2) is 61.2 Å². The summed E-state index contributed by atoms with van der Waals surface area (Å²) in [5, 5.41) is 13.4. The predicted molar refractivity (Wildman–Crippen MR) is 92.7 cm³/mol. The van der Waals surface area contributed by atoms with Crippen molar-refractivity contribution in [2.75, 3.05) is 6.61 Å². The van der Waals surface area contributed by atoms with Crippen LogP contribution < -0.4 is 4.74 Å². The van der Waals surface area contributed by atoms with Gasteiger partial charge in [0.1, 0.15) is 5.75 Å². The summed E-state index contributed by atoms with van der Waals surface area (Å²) >= 11 is 0. The van der Waals surface area contributed by atoms with Gasteiger partial charge in [0.2, 0.25) is 0 Å². The summed E-state index contributed by atoms with van der Waals surface area (Å²) in [6.07, 6.45) is 2.80. The van der Waals surface area contributed by atoms with E-state index in [-0.39, 0.29) is 6.61 Å². The van der Waals surface area contributed by atoms with E-state index in [2.05, 4.69) is 30.8 Å². The molecule has 0 aliphatic carbocycles. The van der Waals surface area contributed by atoms with E-state index in [1.54, 1.807) is 6.07 Å². The third-order valence-electron chi connectivity index (χ3n) is 3.88. The van der Waals surface area contributed by atoms with Crippen LogP contribution in [-0.2, 0) is 11.2 Å². The number of ether oxygens (including phenoxy) is 1. The zero-order valence-electron chi connectivity index (χ0n) is 12.8. The molecule has 0 radical (unpaired) electrons. The van der Waals surface area contributed by atoms with Crippen LogP contribution in [-0.4, -0.2) is 17.7 Å². The van der Waals surface area contributed by atoms with Crippen molar-refractivity contribution in [3.63, 3.8) is 0 Å². The molecule has 0 atom stereocenters. The second-order valence-corrected chi connectivity index (χ2v) is 5.46. The Morgan fingerprint density at radius 3 is 2.43 bits per heavy atom. The predicted octanol–water partition coefficient (Wildman–Crippen LogP) is 4.01. The van der Waals surface area contributed by atoms with Gasteiger partial charge in [0, 0.05) is 12.7 Å². The molecular weight excluding hydrogens is 288 g/mol. The lowest BCUT2D eigenvalue weighted by Crippen LogP contribution is -2.02. The van der Waals surface area contributed by atoms with E-state index in [0.29, 0.717) is 5.75 Å². The molecule has 0 spiro atoms. The summed E-state index contributed by atoms with van der Waals surface area (Å²) in [5.74, 6) is 0.0555. The zero-order valence-corrected chi connectivity index (χ0v) is 12.8. The van der Waals surface area contributed by atoms with Crippen molar-refractivity contribution >= 4 is 27.5 Å². The second-order valence-electron chi connectivity index (χ2n) is 5.46. The number of hydrogen-bond donors (Lipinski definition) is 1. The standard InChI is InChI=1S/C20H18O3/c1-2-20(22)23-17-8-10-19-16(13-17)7-6-15-12-14(4-3-11-21)5-9-18(15)19/h2,5-10,12-13,21H,1,3-4,11H2. The molecule has 0 fully saturated rings. The van der Waals surface area contributed by atoms with Crippen molar-refractivity contribution in [2.24, 2.45) is 0 Å². The van der Waals surface area contributed by atoms with E-state index < -0.39 is 5.97 Å². The molecule has 3 heteroatoms. The summed E-state index contributed by atoms with van der Waals surface area (Å²) in [4.78, 5) is 11.3. The van der Waals surface area contributed by atoms with Gasteiger partial charge in [-0.3, -0.25) is 0 Å². The molecule has 1 N–H and O–H groups in total. The monoisotopic (exact) mass is 306 g/mol. The Labute approximate surface area is 134 Å². The topological polar surface area (TPSA) is 46.5 Å². The highest BCUT2D eigenvalue weighted by atomic mass is 16.5. The smallest absolute Gasteiger partial charge is 0.335 e. The highest BCUT2D eigenvalue weighted by molar-refractivity contribution is 6.08. The molecule has 3 nitrogen and oxygen atoms in total. The van der Waals surface area contributed by atoms with Crippen LogP contribution in [0.4, 0.5) is 0 Å². The lowest BCUT2D eigenvalue weighted by molar-refractivity contribution is -0.128. The van der Waals surface area contributed by atoms with Crippen molar-refractivity contribution in [3.05, 3.63) is 66.7 Å². The van der Waals surface area contributed by atoms with Gasteiger partial charge in [-0.1, -0.05) is 43.0 Å². The van der Waals surface area contributed by atoms with E-state index in [1.807, 2.05) is 18.2 Å². The van der Waals surface area contributed by atoms with Gasteiger partial charge in [-0.2, -0.15) is 0 Å². The first-order valence-corrected chi connectivity index (χ1v) is 7.62. The molecule has 3 aromatic rings. The maximum Gasteiger partial charge on any atom is 0.335 e. The molecule has 0 aliphatic rings. The van der Waals surface area contributed by atoms with Gasteiger partial charge in [0.05, 0.1) is 0 Å². The Bertz CT molecular complexity index is 881. The number of esters is 1. The average Bonchev–Trinajstić information content (AvgIpc) is 2.59. The molecule has 3 aromatic carbocycles. The molecule has 3 rings (SSSR count). The third-order valence-corrected chi connectivity index (χ3v) is 3.88. The van der Waals surface area contributed by atoms with Gasteiger partial charge in [-0.05, 0) is 52.1 Å². The van der Waals surface area contributed by atoms with Crippen LogP contribution in [0.5, 0.6) is 5.75 Å². The lowest BCUT2D eigenvalue weighted by atomic mass is 9.98. The fourth-order valence-electron chi connectivity index (χ4n) is 2.76. The maximum absolute atomic E-state index is 11.3. The first kappa shape index (κ1) is 15.3. The summed E-state index contributed by atoms with van der Waals surface area (Å²) in [5.41, 5.74) is 1.22. The first-order chi connectivity index (χ1) is 11.2. The van der Waals surface area contributed by atoms with E-state index in [9.17, 15) is 4.79 Å². The van der Waals surface area contributed by atoms with Crippen LogP contribution in [0.1, 0.15) is 12.0 Å². The largest absolute Gasteiger partial charge is 0.423 e. The fraction of sp³-hybridized carbons (Fsp3) is 0.150. The highest BCUT2D eigenvalue weighted by Crippen LogP contribution is 2.29. The summed E-state index contributed by atoms with van der Waals surface area (Å²) in [6.45, 7) is 3.61. The van der Waals surface area contributed by atoms with E-state index >= 15 is 0 Å². The van der Waals surface area contributed by atoms with Gasteiger partial charge < -0.3 is 9.84 Å². The normalized spacial score (nSPS) is 10.8. The van der Waals surface area contributed by atoms with Crippen molar-refractivity contribution in [1.82, 2.24) is 0 Å². The van der Waals surface area contributed by atoms with Crippen molar-refractivity contribution < 1.29 is 14.6 Å². The van der Waals surface area contributed by atoms with Crippen molar-refractivity contribution in [3.8, 4) is 5.75 Å². The van der Waals surface area contributed by atoms with Crippen LogP contribution in [0.25, 0.3) is 21.5 Å². The van der Waals surface area contributed by atoms with Gasteiger partial charge in [-0.25, -0.2) is 4.79 Å². The van der Waals surface area contributed by atoms with Crippen LogP contribution in [0, 0.1) is 0 Å². The Morgan fingerprint density at radius 2 is 1.74 bits per heavy atom. The number of carbonyl (C=O) groups excluding carboxylic acids is 1. The molecule has 0 saturated carbocycles. The number of aryl methyl sites for hydroxylation is 1. The molecule has 116 valence electrons. The Morgan fingerprint density at radius 1 is 1.04 bits per heavy atom. The molecular formula is C20H18O3. The Hall–Kier alpha value is -2.65. The fourth-order valence-corrected chi connectivity index (χ4v) is 2.76. The molecule has 0 unspecified atom stereocenters. The van der Waals surface area contributed by atoms with Crippen LogP contribution in [0.2, 0.25) is 0 Å². The minimum absolute atomic E-state index is 0.210. The zero-order chi connectivity index (χ0) is 16.2. The second kappa shape index (κ2) is 6.63. The molecule has 0 bridgehead atoms. The van der Waals surface area contributed by atoms with E-state index in [1.165, 1.54) is 10.9 Å². The number of aliphatic hydroxyl groups excluding tert-OH is 1. The number of hydrogen-bond acceptors (Lipinski definition) is 3. The first-order valence-electron chi connectivity index (χ1n) is 7.62. The van der Waals surface area contributed by atoms with E-state index in [4.69, 9.17) is 9.84 Å². The van der Waals surface area contributed by atoms with E-state index in [0.717, 1.165) is 35.1 Å². The maximum atomic E-state index is 11.3. The number of fused-ring (bicyclic) bond motifs is 3. The third kappa shape index (κ3) is 3.25.